The summed E-state index contributed by atoms with van der Waals surface area (Å²) in [6, 6.07) is 12.8. The summed E-state index contributed by atoms with van der Waals surface area (Å²) in [6.07, 6.45) is 3.76. The Morgan fingerprint density at radius 3 is 2.37 bits per heavy atom. The maximum atomic E-state index is 13.1. The third-order valence-corrected chi connectivity index (χ3v) is 6.29. The molecule has 0 N–H and O–H groups in total. The van der Waals surface area contributed by atoms with E-state index in [1.54, 1.807) is 47.4 Å². The van der Waals surface area contributed by atoms with Crippen molar-refractivity contribution in [2.75, 3.05) is 28.0 Å². The van der Waals surface area contributed by atoms with Crippen LogP contribution in [0.3, 0.4) is 0 Å². The number of likely N-dealkylation sites (N-methyl/N-ethyl adjacent to an activating group) is 1. The summed E-state index contributed by atoms with van der Waals surface area (Å²) in [6.45, 7) is 2.81. The zero-order valence-electron chi connectivity index (χ0n) is 15.0. The van der Waals surface area contributed by atoms with E-state index in [1.807, 2.05) is 6.92 Å². The molecule has 7 heteroatoms. The second-order valence-electron chi connectivity index (χ2n) is 6.23. The fraction of sp³-hybridized carbons (Fsp3) is 0.250. The van der Waals surface area contributed by atoms with E-state index in [2.05, 4.69) is 0 Å². The number of sulfonamides is 1. The molecule has 3 rings (SSSR count). The van der Waals surface area contributed by atoms with E-state index in [4.69, 9.17) is 0 Å². The molecule has 1 saturated heterocycles. The van der Waals surface area contributed by atoms with E-state index < -0.39 is 10.0 Å². The summed E-state index contributed by atoms with van der Waals surface area (Å²) in [4.78, 5) is 14.0. The fourth-order valence-electron chi connectivity index (χ4n) is 3.03. The van der Waals surface area contributed by atoms with Crippen LogP contribution in [0.4, 0.5) is 15.8 Å². The first-order valence-electron chi connectivity index (χ1n) is 8.76. The minimum atomic E-state index is -3.20. The first-order valence-corrected chi connectivity index (χ1v) is 10.4. The molecule has 1 amide bonds. The minimum absolute atomic E-state index is 0.180. The van der Waals surface area contributed by atoms with Gasteiger partial charge in [0.25, 0.3) is 5.91 Å². The van der Waals surface area contributed by atoms with Crippen LogP contribution in [0.15, 0.2) is 54.6 Å². The number of rotatable bonds is 5. The molecule has 0 atom stereocenters. The van der Waals surface area contributed by atoms with Crippen molar-refractivity contribution in [1.29, 1.82) is 0 Å². The summed E-state index contributed by atoms with van der Waals surface area (Å²) < 4.78 is 38.4. The predicted octanol–water partition coefficient (Wildman–Crippen LogP) is 3.43. The lowest BCUT2D eigenvalue weighted by atomic mass is 10.2. The highest BCUT2D eigenvalue weighted by atomic mass is 32.2. The van der Waals surface area contributed by atoms with Crippen molar-refractivity contribution in [3.8, 4) is 0 Å². The molecular weight excluding hydrogens is 367 g/mol. The molecule has 1 heterocycles. The van der Waals surface area contributed by atoms with Gasteiger partial charge in [0.05, 0.1) is 11.4 Å². The lowest BCUT2D eigenvalue weighted by molar-refractivity contribution is -0.114. The van der Waals surface area contributed by atoms with Crippen molar-refractivity contribution in [3.63, 3.8) is 0 Å². The lowest BCUT2D eigenvalue weighted by Gasteiger charge is -2.19. The molecule has 0 aromatic heterocycles. The van der Waals surface area contributed by atoms with E-state index in [0.717, 1.165) is 5.56 Å². The second-order valence-corrected chi connectivity index (χ2v) is 8.24. The molecular formula is C20H21FN2O3S. The van der Waals surface area contributed by atoms with Crippen molar-refractivity contribution in [2.45, 2.75) is 13.3 Å². The van der Waals surface area contributed by atoms with Gasteiger partial charge in [-0.1, -0.05) is 12.1 Å². The van der Waals surface area contributed by atoms with Crippen LogP contribution in [0.2, 0.25) is 0 Å². The molecule has 0 radical (unpaired) electrons. The van der Waals surface area contributed by atoms with Gasteiger partial charge in [-0.15, -0.1) is 0 Å². The summed E-state index contributed by atoms with van der Waals surface area (Å²) >= 11 is 0. The van der Waals surface area contributed by atoms with Crippen LogP contribution in [0, 0.1) is 5.82 Å². The van der Waals surface area contributed by atoms with Crippen molar-refractivity contribution in [2.24, 2.45) is 0 Å². The maximum absolute atomic E-state index is 13.1. The number of hydrogen-bond donors (Lipinski definition) is 0. The van der Waals surface area contributed by atoms with Gasteiger partial charge in [-0.2, -0.15) is 0 Å². The average molecular weight is 388 g/mol. The van der Waals surface area contributed by atoms with Gasteiger partial charge < -0.3 is 4.90 Å². The predicted molar refractivity (Wildman–Crippen MR) is 106 cm³/mol. The number of carbonyl (C=O) groups excluding carboxylic acids is 1. The highest BCUT2D eigenvalue weighted by Crippen LogP contribution is 2.24. The third-order valence-electron chi connectivity index (χ3n) is 4.42. The number of halogens is 1. The van der Waals surface area contributed by atoms with E-state index in [1.165, 1.54) is 22.5 Å². The van der Waals surface area contributed by atoms with Crippen molar-refractivity contribution in [1.82, 2.24) is 0 Å². The first-order chi connectivity index (χ1) is 12.9. The molecule has 5 nitrogen and oxygen atoms in total. The van der Waals surface area contributed by atoms with Crippen LogP contribution in [0.1, 0.15) is 18.9 Å². The number of carbonyl (C=O) groups is 1. The Kier molecular flexibility index (Phi) is 5.60. The number of nitrogens with zero attached hydrogens (tertiary/aromatic N) is 2. The highest BCUT2D eigenvalue weighted by Gasteiger charge is 2.28. The van der Waals surface area contributed by atoms with Crippen LogP contribution in [0.5, 0.6) is 0 Å². The Labute approximate surface area is 158 Å². The number of anilines is 2. The molecule has 1 aliphatic rings. The number of amides is 1. The Morgan fingerprint density at radius 2 is 1.81 bits per heavy atom. The topological polar surface area (TPSA) is 57.7 Å². The standard InChI is InChI=1S/C20H21FN2O3S/c1-2-22(18-11-7-17(21)8-12-18)20(24)13-6-16-4-9-19(10-5-16)23-14-3-15-27(23,25)26/h4-13H,2-3,14-15H2,1H3/b13-6+. The van der Waals surface area contributed by atoms with Crippen molar-refractivity contribution in [3.05, 3.63) is 66.0 Å². The molecule has 0 aliphatic carbocycles. The monoisotopic (exact) mass is 388 g/mol. The molecule has 0 saturated carbocycles. The summed E-state index contributed by atoms with van der Waals surface area (Å²) in [5.41, 5.74) is 2.06. The molecule has 2 aromatic rings. The largest absolute Gasteiger partial charge is 0.309 e. The van der Waals surface area contributed by atoms with Crippen LogP contribution in [-0.2, 0) is 14.8 Å². The van der Waals surface area contributed by atoms with E-state index in [-0.39, 0.29) is 17.5 Å². The molecule has 1 fully saturated rings. The van der Waals surface area contributed by atoms with Gasteiger partial charge in [0, 0.05) is 24.9 Å². The number of benzene rings is 2. The third kappa shape index (κ3) is 4.36. The normalized spacial score (nSPS) is 16.0. The van der Waals surface area contributed by atoms with Gasteiger partial charge in [-0.05, 0) is 61.4 Å². The van der Waals surface area contributed by atoms with Crippen molar-refractivity contribution < 1.29 is 17.6 Å². The Bertz CT molecular complexity index is 938. The average Bonchev–Trinajstić information content (AvgIpc) is 3.01. The van der Waals surface area contributed by atoms with Gasteiger partial charge in [-0.25, -0.2) is 12.8 Å². The van der Waals surface area contributed by atoms with Gasteiger partial charge in [0.15, 0.2) is 0 Å². The molecule has 27 heavy (non-hydrogen) atoms. The smallest absolute Gasteiger partial charge is 0.250 e. The van der Waals surface area contributed by atoms with Gasteiger partial charge in [-0.3, -0.25) is 9.10 Å². The van der Waals surface area contributed by atoms with Gasteiger partial charge in [0.2, 0.25) is 10.0 Å². The van der Waals surface area contributed by atoms with Gasteiger partial charge >= 0.3 is 0 Å². The Hall–Kier alpha value is -2.67. The molecule has 0 unspecified atom stereocenters. The van der Waals surface area contributed by atoms with Gasteiger partial charge in [0.1, 0.15) is 5.82 Å². The summed E-state index contributed by atoms with van der Waals surface area (Å²) in [5, 5.41) is 0. The Balaban J connectivity index is 1.71. The van der Waals surface area contributed by atoms with E-state index in [9.17, 15) is 17.6 Å². The van der Waals surface area contributed by atoms with E-state index >= 15 is 0 Å². The molecule has 0 bridgehead atoms. The van der Waals surface area contributed by atoms with E-state index in [0.29, 0.717) is 30.9 Å². The zero-order valence-corrected chi connectivity index (χ0v) is 15.8. The zero-order chi connectivity index (χ0) is 19.4. The summed E-state index contributed by atoms with van der Waals surface area (Å²) in [5.74, 6) is -0.382. The fourth-order valence-corrected chi connectivity index (χ4v) is 4.59. The molecule has 142 valence electrons. The maximum Gasteiger partial charge on any atom is 0.250 e. The highest BCUT2D eigenvalue weighted by molar-refractivity contribution is 7.93. The second kappa shape index (κ2) is 7.92. The van der Waals surface area contributed by atoms with Crippen molar-refractivity contribution >= 4 is 33.4 Å². The SMILES string of the molecule is CCN(C(=O)/C=C/c1ccc(N2CCCS2(=O)=O)cc1)c1ccc(F)cc1. The van der Waals surface area contributed by atoms with Crippen LogP contribution in [0.25, 0.3) is 6.08 Å². The lowest BCUT2D eigenvalue weighted by Crippen LogP contribution is -2.28. The van der Waals surface area contributed by atoms with Crippen LogP contribution in [-0.4, -0.2) is 33.2 Å². The number of hydrogen-bond acceptors (Lipinski definition) is 3. The minimum Gasteiger partial charge on any atom is -0.309 e. The quantitative estimate of drug-likeness (QED) is 0.738. The molecule has 0 spiro atoms. The van der Waals surface area contributed by atoms with Crippen LogP contribution < -0.4 is 9.21 Å². The molecule has 2 aromatic carbocycles. The molecule has 1 aliphatic heterocycles. The Morgan fingerprint density at radius 1 is 1.15 bits per heavy atom. The summed E-state index contributed by atoms with van der Waals surface area (Å²) in [7, 11) is -3.20. The van der Waals surface area contributed by atoms with Crippen LogP contribution >= 0.6 is 0 Å². The first kappa shape index (κ1) is 19.1.